The molecule has 0 radical (unpaired) electrons. The van der Waals surface area contributed by atoms with E-state index in [0.29, 0.717) is 0 Å². The van der Waals surface area contributed by atoms with Gasteiger partial charge in [0.05, 0.1) is 12.9 Å². The Morgan fingerprint density at radius 2 is 1.80 bits per heavy atom. The normalized spacial score (nSPS) is 13.8. The largest absolute Gasteiger partial charge is 0.501 e. The van der Waals surface area contributed by atoms with E-state index >= 15 is 0 Å². The molecular weight excluding hydrogens is 246 g/mol. The van der Waals surface area contributed by atoms with E-state index in [2.05, 4.69) is 36.9 Å². The lowest BCUT2D eigenvalue weighted by Crippen LogP contribution is -2.28. The molecular formula is C18H29NO. The first kappa shape index (κ1) is 16.8. The first-order valence-electron chi connectivity index (χ1n) is 7.67. The number of hydrogen-bond donors (Lipinski definition) is 1. The third-order valence-electron chi connectivity index (χ3n) is 3.88. The predicted molar refractivity (Wildman–Crippen MR) is 86.5 cm³/mol. The summed E-state index contributed by atoms with van der Waals surface area (Å²) in [4.78, 5) is 0. The molecule has 1 aromatic rings. The van der Waals surface area contributed by atoms with Gasteiger partial charge in [-0.25, -0.2) is 0 Å². The van der Waals surface area contributed by atoms with Crippen LogP contribution in [0.25, 0.3) is 0 Å². The van der Waals surface area contributed by atoms with Crippen LogP contribution in [-0.2, 0) is 11.2 Å². The molecule has 2 atom stereocenters. The van der Waals surface area contributed by atoms with Gasteiger partial charge in [-0.1, -0.05) is 56.2 Å². The summed E-state index contributed by atoms with van der Waals surface area (Å²) in [7, 11) is 1.68. The van der Waals surface area contributed by atoms with Crippen LogP contribution in [0.1, 0.15) is 44.6 Å². The van der Waals surface area contributed by atoms with Crippen LogP contribution in [0, 0.1) is 5.92 Å². The van der Waals surface area contributed by atoms with Crippen molar-refractivity contribution in [2.45, 2.75) is 51.5 Å². The van der Waals surface area contributed by atoms with Gasteiger partial charge >= 0.3 is 0 Å². The van der Waals surface area contributed by atoms with Crippen molar-refractivity contribution < 1.29 is 4.74 Å². The third-order valence-corrected chi connectivity index (χ3v) is 3.88. The second kappa shape index (κ2) is 9.60. The van der Waals surface area contributed by atoms with E-state index in [1.807, 2.05) is 6.92 Å². The fraction of sp³-hybridized carbons (Fsp3) is 0.556. The highest BCUT2D eigenvalue weighted by Gasteiger charge is 2.17. The van der Waals surface area contributed by atoms with E-state index in [-0.39, 0.29) is 12.0 Å². The molecule has 1 aromatic carbocycles. The summed E-state index contributed by atoms with van der Waals surface area (Å²) in [5.74, 6) is 1.11. The van der Waals surface area contributed by atoms with Gasteiger partial charge < -0.3 is 10.5 Å². The van der Waals surface area contributed by atoms with Crippen LogP contribution >= 0.6 is 0 Å². The molecule has 0 aliphatic carbocycles. The molecule has 2 heteroatoms. The summed E-state index contributed by atoms with van der Waals surface area (Å²) in [6.45, 7) is 5.98. The molecule has 2 unspecified atom stereocenters. The van der Waals surface area contributed by atoms with Gasteiger partial charge in [0.25, 0.3) is 0 Å². The minimum atomic E-state index is 0.117. The van der Waals surface area contributed by atoms with Gasteiger partial charge in [0.1, 0.15) is 0 Å². The molecule has 112 valence electrons. The van der Waals surface area contributed by atoms with Crippen LogP contribution in [0.2, 0.25) is 0 Å². The number of unbranched alkanes of at least 4 members (excludes halogenated alkanes) is 3. The first-order chi connectivity index (χ1) is 9.65. The molecule has 0 aliphatic heterocycles. The molecule has 0 bridgehead atoms. The Kier molecular flexibility index (Phi) is 8.05. The Balaban J connectivity index is 2.13. The molecule has 0 saturated heterocycles. The molecule has 0 saturated carbocycles. The van der Waals surface area contributed by atoms with Crippen LogP contribution in [0.5, 0.6) is 0 Å². The van der Waals surface area contributed by atoms with Crippen LogP contribution < -0.4 is 5.73 Å². The van der Waals surface area contributed by atoms with Crippen LogP contribution in [0.15, 0.2) is 42.7 Å². The van der Waals surface area contributed by atoms with Gasteiger partial charge in [-0.05, 0) is 31.7 Å². The maximum absolute atomic E-state index is 5.99. The van der Waals surface area contributed by atoms with Crippen molar-refractivity contribution in [3.05, 3.63) is 48.2 Å². The molecule has 0 heterocycles. The average Bonchev–Trinajstić information content (AvgIpc) is 2.46. The van der Waals surface area contributed by atoms with Crippen LogP contribution in [-0.4, -0.2) is 13.2 Å². The van der Waals surface area contributed by atoms with Gasteiger partial charge in [-0.2, -0.15) is 0 Å². The highest BCUT2D eigenvalue weighted by Crippen LogP contribution is 2.21. The first-order valence-corrected chi connectivity index (χ1v) is 7.67. The smallest absolute Gasteiger partial charge is 0.0930 e. The SMILES string of the molecule is C=C(OC)C(CCCCCCc1ccccc1)C(C)N. The van der Waals surface area contributed by atoms with Crippen LogP contribution in [0.4, 0.5) is 0 Å². The fourth-order valence-corrected chi connectivity index (χ4v) is 2.56. The maximum Gasteiger partial charge on any atom is 0.0930 e. The summed E-state index contributed by atoms with van der Waals surface area (Å²) in [5, 5.41) is 0. The van der Waals surface area contributed by atoms with Gasteiger partial charge in [0.15, 0.2) is 0 Å². The maximum atomic E-state index is 5.99. The minimum absolute atomic E-state index is 0.117. The molecule has 0 aromatic heterocycles. The summed E-state index contributed by atoms with van der Waals surface area (Å²) < 4.78 is 5.24. The van der Waals surface area contributed by atoms with Gasteiger partial charge in [0, 0.05) is 12.0 Å². The second-order valence-corrected chi connectivity index (χ2v) is 5.57. The highest BCUT2D eigenvalue weighted by molar-refractivity contribution is 5.14. The van der Waals surface area contributed by atoms with E-state index in [9.17, 15) is 0 Å². The standard InChI is InChI=1S/C18H29NO/c1-15(19)18(16(2)20-3)14-10-5-4-7-11-17-12-8-6-9-13-17/h6,8-9,12-13,15,18H,2,4-5,7,10-11,14,19H2,1,3H3. The molecule has 0 aliphatic rings. The number of aryl methyl sites for hydroxylation is 1. The monoisotopic (exact) mass is 275 g/mol. The number of hydrogen-bond acceptors (Lipinski definition) is 2. The Labute approximate surface area is 124 Å². The van der Waals surface area contributed by atoms with Crippen molar-refractivity contribution in [2.75, 3.05) is 7.11 Å². The third kappa shape index (κ3) is 6.25. The Morgan fingerprint density at radius 1 is 1.15 bits per heavy atom. The number of methoxy groups -OCH3 is 1. The minimum Gasteiger partial charge on any atom is -0.501 e. The summed E-state index contributed by atoms with van der Waals surface area (Å²) >= 11 is 0. The molecule has 1 rings (SSSR count). The summed E-state index contributed by atoms with van der Waals surface area (Å²) in [6, 6.07) is 10.8. The predicted octanol–water partition coefficient (Wildman–Crippen LogP) is 4.30. The molecule has 2 N–H and O–H groups in total. The van der Waals surface area contributed by atoms with E-state index in [0.717, 1.165) is 12.2 Å². The zero-order valence-corrected chi connectivity index (χ0v) is 13.0. The van der Waals surface area contributed by atoms with Crippen molar-refractivity contribution >= 4 is 0 Å². The molecule has 2 nitrogen and oxygen atoms in total. The lowest BCUT2D eigenvalue weighted by molar-refractivity contribution is 0.221. The number of rotatable bonds is 10. The van der Waals surface area contributed by atoms with E-state index in [4.69, 9.17) is 10.5 Å². The zero-order valence-electron chi connectivity index (χ0n) is 13.0. The molecule has 20 heavy (non-hydrogen) atoms. The second-order valence-electron chi connectivity index (χ2n) is 5.57. The topological polar surface area (TPSA) is 35.2 Å². The number of ether oxygens (including phenoxy) is 1. The van der Waals surface area contributed by atoms with Crippen molar-refractivity contribution in [3.8, 4) is 0 Å². The Hall–Kier alpha value is -1.28. The number of benzene rings is 1. The summed E-state index contributed by atoms with van der Waals surface area (Å²) in [5.41, 5.74) is 7.43. The van der Waals surface area contributed by atoms with Crippen LogP contribution in [0.3, 0.4) is 0 Å². The quantitative estimate of drug-likeness (QED) is 0.510. The van der Waals surface area contributed by atoms with Gasteiger partial charge in [-0.15, -0.1) is 0 Å². The molecule has 0 spiro atoms. The zero-order chi connectivity index (χ0) is 14.8. The fourth-order valence-electron chi connectivity index (χ4n) is 2.56. The van der Waals surface area contributed by atoms with Gasteiger partial charge in [0.2, 0.25) is 0 Å². The lowest BCUT2D eigenvalue weighted by Gasteiger charge is -2.21. The highest BCUT2D eigenvalue weighted by atomic mass is 16.5. The average molecular weight is 275 g/mol. The summed E-state index contributed by atoms with van der Waals surface area (Å²) in [6.07, 6.45) is 7.26. The lowest BCUT2D eigenvalue weighted by atomic mass is 9.93. The molecule has 0 fully saturated rings. The van der Waals surface area contributed by atoms with Crippen molar-refractivity contribution in [3.63, 3.8) is 0 Å². The van der Waals surface area contributed by atoms with E-state index in [1.165, 1.54) is 37.7 Å². The van der Waals surface area contributed by atoms with Crippen molar-refractivity contribution in [1.29, 1.82) is 0 Å². The van der Waals surface area contributed by atoms with Gasteiger partial charge in [-0.3, -0.25) is 0 Å². The Morgan fingerprint density at radius 3 is 2.40 bits per heavy atom. The van der Waals surface area contributed by atoms with E-state index in [1.54, 1.807) is 7.11 Å². The van der Waals surface area contributed by atoms with Crippen molar-refractivity contribution in [1.82, 2.24) is 0 Å². The van der Waals surface area contributed by atoms with Crippen molar-refractivity contribution in [2.24, 2.45) is 11.7 Å². The number of nitrogens with two attached hydrogens (primary N) is 1. The molecule has 0 amide bonds. The Bertz CT molecular complexity index is 372. The van der Waals surface area contributed by atoms with E-state index < -0.39 is 0 Å².